The number of rotatable bonds is 7. The molecule has 94 valence electrons. The Morgan fingerprint density at radius 1 is 1.47 bits per heavy atom. The van der Waals surface area contributed by atoms with Crippen molar-refractivity contribution in [1.82, 2.24) is 5.32 Å². The van der Waals surface area contributed by atoms with Gasteiger partial charge < -0.3 is 15.8 Å². The lowest BCUT2D eigenvalue weighted by Crippen LogP contribution is -2.25. The van der Waals surface area contributed by atoms with Gasteiger partial charge in [0, 0.05) is 31.9 Å². The monoisotopic (exact) mass is 236 g/mol. The van der Waals surface area contributed by atoms with Crippen LogP contribution < -0.4 is 11.1 Å². The average molecular weight is 236 g/mol. The third-order valence-corrected chi connectivity index (χ3v) is 2.38. The van der Waals surface area contributed by atoms with Crippen molar-refractivity contribution in [3.63, 3.8) is 0 Å². The molecule has 1 aromatic carbocycles. The molecule has 0 spiro atoms. The normalized spacial score (nSPS) is 10.2. The molecule has 0 heterocycles. The Kier molecular flexibility index (Phi) is 6.29. The van der Waals surface area contributed by atoms with E-state index in [1.165, 1.54) is 0 Å². The number of benzene rings is 1. The van der Waals surface area contributed by atoms with Crippen LogP contribution in [0.15, 0.2) is 24.3 Å². The number of carbonyl (C=O) groups is 1. The fourth-order valence-electron chi connectivity index (χ4n) is 1.46. The van der Waals surface area contributed by atoms with E-state index in [9.17, 15) is 4.79 Å². The number of nitrogens with one attached hydrogen (secondary N) is 1. The second-order valence-electron chi connectivity index (χ2n) is 3.71. The molecule has 0 saturated carbocycles. The highest BCUT2D eigenvalue weighted by Gasteiger charge is 2.04. The summed E-state index contributed by atoms with van der Waals surface area (Å²) in [5, 5.41) is 2.85. The highest BCUT2D eigenvalue weighted by molar-refractivity contribution is 5.94. The highest BCUT2D eigenvalue weighted by Crippen LogP contribution is 2.04. The zero-order valence-electron chi connectivity index (χ0n) is 10.2. The van der Waals surface area contributed by atoms with Crippen LogP contribution in [0, 0.1) is 0 Å². The Morgan fingerprint density at radius 3 is 3.00 bits per heavy atom. The number of carbonyl (C=O) groups excluding carboxylic acids is 1. The van der Waals surface area contributed by atoms with E-state index in [1.807, 2.05) is 25.1 Å². The van der Waals surface area contributed by atoms with E-state index in [1.54, 1.807) is 6.07 Å². The lowest BCUT2D eigenvalue weighted by Gasteiger charge is -2.06. The van der Waals surface area contributed by atoms with Gasteiger partial charge in [-0.1, -0.05) is 12.1 Å². The van der Waals surface area contributed by atoms with E-state index in [4.69, 9.17) is 10.5 Å². The van der Waals surface area contributed by atoms with E-state index in [0.717, 1.165) is 12.0 Å². The standard InChI is InChI=1S/C13H20N2O2/c1-2-17-8-4-7-15-13(16)12-6-3-5-11(9-12)10-14/h3,5-6,9H,2,4,7-8,10,14H2,1H3,(H,15,16). The molecule has 0 aromatic heterocycles. The molecular weight excluding hydrogens is 216 g/mol. The molecule has 0 saturated heterocycles. The number of hydrogen-bond donors (Lipinski definition) is 2. The lowest BCUT2D eigenvalue weighted by molar-refractivity contribution is 0.0944. The Labute approximate surface area is 102 Å². The summed E-state index contributed by atoms with van der Waals surface area (Å²) in [4.78, 5) is 11.8. The third-order valence-electron chi connectivity index (χ3n) is 2.38. The maximum Gasteiger partial charge on any atom is 0.251 e. The summed E-state index contributed by atoms with van der Waals surface area (Å²) in [6, 6.07) is 7.36. The summed E-state index contributed by atoms with van der Waals surface area (Å²) in [5.41, 5.74) is 7.15. The largest absolute Gasteiger partial charge is 0.382 e. The Hall–Kier alpha value is -1.39. The van der Waals surface area contributed by atoms with Crippen molar-refractivity contribution >= 4 is 5.91 Å². The van der Waals surface area contributed by atoms with Crippen LogP contribution in [-0.4, -0.2) is 25.7 Å². The van der Waals surface area contributed by atoms with Crippen LogP contribution in [-0.2, 0) is 11.3 Å². The van der Waals surface area contributed by atoms with Gasteiger partial charge in [-0.15, -0.1) is 0 Å². The topological polar surface area (TPSA) is 64.3 Å². The molecule has 3 N–H and O–H groups in total. The van der Waals surface area contributed by atoms with Gasteiger partial charge in [0.05, 0.1) is 0 Å². The van der Waals surface area contributed by atoms with Gasteiger partial charge in [0.1, 0.15) is 0 Å². The van der Waals surface area contributed by atoms with Crippen molar-refractivity contribution in [1.29, 1.82) is 0 Å². The highest BCUT2D eigenvalue weighted by atomic mass is 16.5. The van der Waals surface area contributed by atoms with Gasteiger partial charge >= 0.3 is 0 Å². The van der Waals surface area contributed by atoms with Crippen LogP contribution in [0.4, 0.5) is 0 Å². The maximum absolute atomic E-state index is 11.8. The van der Waals surface area contributed by atoms with Gasteiger partial charge in [0.15, 0.2) is 0 Å². The molecule has 1 aromatic rings. The number of ether oxygens (including phenoxy) is 1. The predicted molar refractivity (Wildman–Crippen MR) is 67.8 cm³/mol. The molecule has 1 rings (SSSR count). The van der Waals surface area contributed by atoms with Crippen molar-refractivity contribution < 1.29 is 9.53 Å². The summed E-state index contributed by atoms with van der Waals surface area (Å²) in [6.07, 6.45) is 0.830. The summed E-state index contributed by atoms with van der Waals surface area (Å²) in [5.74, 6) is -0.0585. The fraction of sp³-hybridized carbons (Fsp3) is 0.462. The van der Waals surface area contributed by atoms with Gasteiger partial charge in [-0.2, -0.15) is 0 Å². The Morgan fingerprint density at radius 2 is 2.29 bits per heavy atom. The molecule has 0 radical (unpaired) electrons. The second-order valence-corrected chi connectivity index (χ2v) is 3.71. The first kappa shape index (κ1) is 13.7. The zero-order chi connectivity index (χ0) is 12.5. The first-order chi connectivity index (χ1) is 8.27. The zero-order valence-corrected chi connectivity index (χ0v) is 10.2. The molecule has 0 aliphatic heterocycles. The van der Waals surface area contributed by atoms with Crippen molar-refractivity contribution in [2.75, 3.05) is 19.8 Å². The molecule has 0 aliphatic carbocycles. The molecule has 1 amide bonds. The minimum Gasteiger partial charge on any atom is -0.382 e. The number of amides is 1. The van der Waals surface area contributed by atoms with Crippen LogP contribution in [0.3, 0.4) is 0 Å². The van der Waals surface area contributed by atoms with Crippen LogP contribution in [0.5, 0.6) is 0 Å². The number of hydrogen-bond acceptors (Lipinski definition) is 3. The van der Waals surface area contributed by atoms with Crippen molar-refractivity contribution in [3.8, 4) is 0 Å². The smallest absolute Gasteiger partial charge is 0.251 e. The SMILES string of the molecule is CCOCCCNC(=O)c1cccc(CN)c1. The maximum atomic E-state index is 11.8. The summed E-state index contributed by atoms with van der Waals surface area (Å²) < 4.78 is 5.19. The first-order valence-corrected chi connectivity index (χ1v) is 5.93. The third kappa shape index (κ3) is 4.97. The Balaban J connectivity index is 2.36. The molecular formula is C13H20N2O2. The number of nitrogens with two attached hydrogens (primary N) is 1. The van der Waals surface area contributed by atoms with E-state index in [-0.39, 0.29) is 5.91 Å². The fourth-order valence-corrected chi connectivity index (χ4v) is 1.46. The lowest BCUT2D eigenvalue weighted by atomic mass is 10.1. The van der Waals surface area contributed by atoms with Gasteiger partial charge in [0.2, 0.25) is 0 Å². The van der Waals surface area contributed by atoms with E-state index >= 15 is 0 Å². The summed E-state index contributed by atoms with van der Waals surface area (Å²) in [6.45, 7) is 4.43. The summed E-state index contributed by atoms with van der Waals surface area (Å²) in [7, 11) is 0. The molecule has 0 fully saturated rings. The molecule has 0 bridgehead atoms. The van der Waals surface area contributed by atoms with E-state index < -0.39 is 0 Å². The Bertz CT molecular complexity index is 353. The average Bonchev–Trinajstić information content (AvgIpc) is 2.38. The molecule has 4 heteroatoms. The van der Waals surface area contributed by atoms with Gasteiger partial charge in [-0.05, 0) is 31.0 Å². The molecule has 17 heavy (non-hydrogen) atoms. The second kappa shape index (κ2) is 7.81. The van der Waals surface area contributed by atoms with Crippen molar-refractivity contribution in [2.45, 2.75) is 19.9 Å². The predicted octanol–water partition coefficient (Wildman–Crippen LogP) is 1.30. The quantitative estimate of drug-likeness (QED) is 0.701. The van der Waals surface area contributed by atoms with Crippen LogP contribution in [0.2, 0.25) is 0 Å². The molecule has 0 unspecified atom stereocenters. The van der Waals surface area contributed by atoms with Gasteiger partial charge in [-0.25, -0.2) is 0 Å². The minimum absolute atomic E-state index is 0.0585. The van der Waals surface area contributed by atoms with E-state index in [0.29, 0.717) is 31.9 Å². The van der Waals surface area contributed by atoms with Crippen molar-refractivity contribution in [3.05, 3.63) is 35.4 Å². The van der Waals surface area contributed by atoms with Gasteiger partial charge in [-0.3, -0.25) is 4.79 Å². The van der Waals surface area contributed by atoms with Crippen LogP contribution >= 0.6 is 0 Å². The van der Waals surface area contributed by atoms with Gasteiger partial charge in [0.25, 0.3) is 5.91 Å². The first-order valence-electron chi connectivity index (χ1n) is 5.93. The molecule has 0 aliphatic rings. The van der Waals surface area contributed by atoms with E-state index in [2.05, 4.69) is 5.32 Å². The van der Waals surface area contributed by atoms with Crippen molar-refractivity contribution in [2.24, 2.45) is 5.73 Å². The van der Waals surface area contributed by atoms with Crippen LogP contribution in [0.1, 0.15) is 29.3 Å². The minimum atomic E-state index is -0.0585. The molecule has 0 atom stereocenters. The van der Waals surface area contributed by atoms with Crippen LogP contribution in [0.25, 0.3) is 0 Å². The molecule has 4 nitrogen and oxygen atoms in total. The summed E-state index contributed by atoms with van der Waals surface area (Å²) >= 11 is 0.